The van der Waals surface area contributed by atoms with E-state index in [9.17, 15) is 9.59 Å². The van der Waals surface area contributed by atoms with Crippen LogP contribution in [-0.4, -0.2) is 12.1 Å². The monoisotopic (exact) mass is 253 g/mol. The summed E-state index contributed by atoms with van der Waals surface area (Å²) in [6, 6.07) is 0. The molecule has 0 saturated carbocycles. The first-order chi connectivity index (χ1) is 8.76. The molecule has 0 atom stereocenters. The molecule has 18 heavy (non-hydrogen) atoms. The first kappa shape index (κ1) is 17.3. The molecular formula is C16H29O2. The SMILES string of the molecule is CCC(CC)C(=O)CCCCCCCCC[C]=O. The van der Waals surface area contributed by atoms with Gasteiger partial charge in [0.25, 0.3) is 0 Å². The van der Waals surface area contributed by atoms with Gasteiger partial charge < -0.3 is 0 Å². The number of carbonyl (C=O) groups is 1. The summed E-state index contributed by atoms with van der Waals surface area (Å²) >= 11 is 0. The maximum atomic E-state index is 11.8. The van der Waals surface area contributed by atoms with E-state index in [1.807, 2.05) is 6.29 Å². The highest BCUT2D eigenvalue weighted by molar-refractivity contribution is 5.80. The van der Waals surface area contributed by atoms with Gasteiger partial charge in [0.1, 0.15) is 5.78 Å². The molecule has 0 amide bonds. The molecule has 0 aromatic heterocycles. The van der Waals surface area contributed by atoms with Gasteiger partial charge in [0.15, 0.2) is 6.29 Å². The highest BCUT2D eigenvalue weighted by Crippen LogP contribution is 2.15. The van der Waals surface area contributed by atoms with Crippen LogP contribution in [0.25, 0.3) is 0 Å². The zero-order valence-corrected chi connectivity index (χ0v) is 12.2. The minimum atomic E-state index is 0.296. The van der Waals surface area contributed by atoms with Crippen molar-refractivity contribution in [3.05, 3.63) is 0 Å². The molecule has 0 heterocycles. The number of carbonyl (C=O) groups excluding carboxylic acids is 2. The molecule has 2 nitrogen and oxygen atoms in total. The summed E-state index contributed by atoms with van der Waals surface area (Å²) in [5, 5.41) is 0. The van der Waals surface area contributed by atoms with Crippen molar-refractivity contribution in [2.45, 2.75) is 84.5 Å². The fourth-order valence-corrected chi connectivity index (χ4v) is 2.33. The quantitative estimate of drug-likeness (QED) is 0.449. The van der Waals surface area contributed by atoms with Crippen LogP contribution in [0, 0.1) is 5.92 Å². The average molecular weight is 253 g/mol. The van der Waals surface area contributed by atoms with Gasteiger partial charge in [-0.2, -0.15) is 0 Å². The van der Waals surface area contributed by atoms with E-state index in [0.29, 0.717) is 18.1 Å². The van der Waals surface area contributed by atoms with Crippen LogP contribution in [0.4, 0.5) is 0 Å². The van der Waals surface area contributed by atoms with E-state index in [1.54, 1.807) is 0 Å². The van der Waals surface area contributed by atoms with Crippen LogP contribution in [0.2, 0.25) is 0 Å². The third-order valence-corrected chi connectivity index (χ3v) is 3.64. The van der Waals surface area contributed by atoms with Gasteiger partial charge in [0, 0.05) is 18.8 Å². The van der Waals surface area contributed by atoms with Gasteiger partial charge in [0.2, 0.25) is 0 Å². The Hall–Kier alpha value is -0.660. The lowest BCUT2D eigenvalue weighted by molar-refractivity contribution is -0.123. The molecule has 0 rings (SSSR count). The minimum Gasteiger partial charge on any atom is -0.299 e. The summed E-state index contributed by atoms with van der Waals surface area (Å²) in [7, 11) is 0. The van der Waals surface area contributed by atoms with E-state index in [-0.39, 0.29) is 0 Å². The van der Waals surface area contributed by atoms with E-state index in [2.05, 4.69) is 13.8 Å². The van der Waals surface area contributed by atoms with Crippen molar-refractivity contribution >= 4 is 12.1 Å². The number of Topliss-reactive ketones (excluding diaryl/α,β-unsaturated/α-hetero) is 1. The zero-order valence-electron chi connectivity index (χ0n) is 12.2. The molecule has 0 aromatic carbocycles. The molecule has 0 bridgehead atoms. The Morgan fingerprint density at radius 2 is 1.39 bits per heavy atom. The molecule has 1 radical (unpaired) electrons. The molecule has 0 saturated heterocycles. The normalized spacial score (nSPS) is 10.8. The van der Waals surface area contributed by atoms with Gasteiger partial charge in [-0.25, -0.2) is 0 Å². The van der Waals surface area contributed by atoms with Gasteiger partial charge in [-0.15, -0.1) is 0 Å². The summed E-state index contributed by atoms with van der Waals surface area (Å²) in [4.78, 5) is 21.8. The molecule has 0 fully saturated rings. The minimum absolute atomic E-state index is 0.296. The third kappa shape index (κ3) is 9.38. The third-order valence-electron chi connectivity index (χ3n) is 3.64. The highest BCUT2D eigenvalue weighted by Gasteiger charge is 2.12. The van der Waals surface area contributed by atoms with E-state index >= 15 is 0 Å². The van der Waals surface area contributed by atoms with Crippen molar-refractivity contribution in [1.82, 2.24) is 0 Å². The molecule has 0 aliphatic heterocycles. The second-order valence-electron chi connectivity index (χ2n) is 5.10. The number of unbranched alkanes of at least 4 members (excludes halogenated alkanes) is 7. The summed E-state index contributed by atoms with van der Waals surface area (Å²) in [5.74, 6) is 0.756. The van der Waals surface area contributed by atoms with Gasteiger partial charge in [0.05, 0.1) is 0 Å². The number of ketones is 1. The van der Waals surface area contributed by atoms with Crippen molar-refractivity contribution in [2.75, 3.05) is 0 Å². The van der Waals surface area contributed by atoms with Gasteiger partial charge in [-0.05, 0) is 25.7 Å². The predicted molar refractivity (Wildman–Crippen MR) is 76.3 cm³/mol. The molecule has 2 heteroatoms. The summed E-state index contributed by atoms with van der Waals surface area (Å²) in [6.45, 7) is 4.20. The molecule has 0 aliphatic rings. The second kappa shape index (κ2) is 12.8. The first-order valence-corrected chi connectivity index (χ1v) is 7.63. The van der Waals surface area contributed by atoms with Crippen LogP contribution in [0.5, 0.6) is 0 Å². The zero-order chi connectivity index (χ0) is 13.6. The molecular weight excluding hydrogens is 224 g/mol. The summed E-state index contributed by atoms with van der Waals surface area (Å²) in [5.41, 5.74) is 0. The van der Waals surface area contributed by atoms with E-state index < -0.39 is 0 Å². The fourth-order valence-electron chi connectivity index (χ4n) is 2.33. The van der Waals surface area contributed by atoms with Crippen LogP contribution < -0.4 is 0 Å². The Bertz CT molecular complexity index is 207. The van der Waals surface area contributed by atoms with Crippen molar-refractivity contribution in [3.63, 3.8) is 0 Å². The van der Waals surface area contributed by atoms with Crippen molar-refractivity contribution in [3.8, 4) is 0 Å². The first-order valence-electron chi connectivity index (χ1n) is 7.63. The topological polar surface area (TPSA) is 34.1 Å². The molecule has 0 aliphatic carbocycles. The average Bonchev–Trinajstić information content (AvgIpc) is 2.38. The summed E-state index contributed by atoms with van der Waals surface area (Å²) < 4.78 is 0. The van der Waals surface area contributed by atoms with Crippen LogP contribution >= 0.6 is 0 Å². The molecule has 0 spiro atoms. The second-order valence-corrected chi connectivity index (χ2v) is 5.10. The molecule has 0 N–H and O–H groups in total. The van der Waals surface area contributed by atoms with Crippen LogP contribution in [0.3, 0.4) is 0 Å². The van der Waals surface area contributed by atoms with E-state index in [4.69, 9.17) is 0 Å². The van der Waals surface area contributed by atoms with Crippen LogP contribution in [0.1, 0.15) is 84.5 Å². The number of hydrogen-bond donors (Lipinski definition) is 0. The standard InChI is InChI=1S/C16H29O2/c1-3-15(4-2)16(18)13-11-9-7-5-6-8-10-12-14-17/h15H,3-13H2,1-2H3. The van der Waals surface area contributed by atoms with E-state index in [1.165, 1.54) is 25.7 Å². The van der Waals surface area contributed by atoms with Crippen molar-refractivity contribution in [1.29, 1.82) is 0 Å². The lowest BCUT2D eigenvalue weighted by Crippen LogP contribution is -2.12. The van der Waals surface area contributed by atoms with Crippen LogP contribution in [0.15, 0.2) is 0 Å². The smallest absolute Gasteiger partial charge is 0.198 e. The lowest BCUT2D eigenvalue weighted by atomic mass is 9.94. The predicted octanol–water partition coefficient (Wildman–Crippen LogP) is 4.61. The molecule has 105 valence electrons. The van der Waals surface area contributed by atoms with Gasteiger partial charge >= 0.3 is 0 Å². The van der Waals surface area contributed by atoms with Gasteiger partial charge in [-0.3, -0.25) is 9.59 Å². The maximum Gasteiger partial charge on any atom is 0.198 e. The maximum absolute atomic E-state index is 11.8. The highest BCUT2D eigenvalue weighted by atomic mass is 16.1. The lowest BCUT2D eigenvalue weighted by Gasteiger charge is -2.10. The Kier molecular flexibility index (Phi) is 12.3. The van der Waals surface area contributed by atoms with E-state index in [0.717, 1.165) is 38.5 Å². The Labute approximate surface area is 113 Å². The number of hydrogen-bond acceptors (Lipinski definition) is 2. The fraction of sp³-hybridized carbons (Fsp3) is 0.875. The molecule has 0 unspecified atom stereocenters. The largest absolute Gasteiger partial charge is 0.299 e. The van der Waals surface area contributed by atoms with Crippen LogP contribution in [-0.2, 0) is 9.59 Å². The van der Waals surface area contributed by atoms with Gasteiger partial charge in [-0.1, -0.05) is 46.0 Å². The molecule has 0 aromatic rings. The summed E-state index contributed by atoms with van der Waals surface area (Å²) in [6.07, 6.45) is 13.3. The Balaban J connectivity index is 3.29. The van der Waals surface area contributed by atoms with Crippen molar-refractivity contribution < 1.29 is 9.59 Å². The van der Waals surface area contributed by atoms with Crippen molar-refractivity contribution in [2.24, 2.45) is 5.92 Å². The Morgan fingerprint density at radius 3 is 1.89 bits per heavy atom. The number of rotatable bonds is 13. The Morgan fingerprint density at radius 1 is 0.889 bits per heavy atom.